The van der Waals surface area contributed by atoms with Gasteiger partial charge in [-0.2, -0.15) is 4.31 Å². The Balaban J connectivity index is 1.63. The highest BCUT2D eigenvalue weighted by molar-refractivity contribution is 7.89. The summed E-state index contributed by atoms with van der Waals surface area (Å²) in [7, 11) is 0.193. The number of likely N-dealkylation sites (N-methyl/N-ethyl adjacent to an activating group) is 1. The molecule has 0 saturated carbocycles. The van der Waals surface area contributed by atoms with Crippen molar-refractivity contribution < 1.29 is 17.9 Å². The molecule has 2 unspecified atom stereocenters. The minimum atomic E-state index is -3.69. The first-order chi connectivity index (χ1) is 17.0. The van der Waals surface area contributed by atoms with E-state index in [9.17, 15) is 13.2 Å². The van der Waals surface area contributed by atoms with Crippen molar-refractivity contribution in [2.75, 3.05) is 45.2 Å². The van der Waals surface area contributed by atoms with Crippen molar-refractivity contribution in [3.8, 4) is 0 Å². The number of carbonyl (C=O) groups is 1. The largest absolute Gasteiger partial charge is 0.373 e. The fraction of sp³-hybridized carbons (Fsp3) is 0.440. The number of hydrogen-bond donors (Lipinski definition) is 0. The molecular formula is C25H31ClN4O4S2. The maximum atomic E-state index is 13.6. The number of sulfonamides is 1. The van der Waals surface area contributed by atoms with Crippen molar-refractivity contribution in [3.63, 3.8) is 0 Å². The number of thiazole rings is 1. The standard InChI is InChI=1S/C25H31ClN4O4S2/c1-16-12-20(26)13-22-23(16)27-25(35-22)30(11-10-28(4)5)24(31)19-6-8-21(9-7-19)36(32,33)29-14-17(2)34-18(3)15-29/h6-9,12-13,17-18H,10-11,14-15H2,1-5H3. The highest BCUT2D eigenvalue weighted by Crippen LogP contribution is 2.33. The lowest BCUT2D eigenvalue weighted by Gasteiger charge is -2.34. The summed E-state index contributed by atoms with van der Waals surface area (Å²) in [6.45, 7) is 7.33. The SMILES string of the molecule is Cc1cc(Cl)cc2sc(N(CCN(C)C)C(=O)c3ccc(S(=O)(=O)N4CC(C)OC(C)C4)cc3)nc12. The van der Waals surface area contributed by atoms with Gasteiger partial charge in [0.05, 0.1) is 27.3 Å². The van der Waals surface area contributed by atoms with Crippen molar-refractivity contribution in [3.05, 3.63) is 52.5 Å². The summed E-state index contributed by atoms with van der Waals surface area (Å²) in [4.78, 5) is 22.1. The number of morpholine rings is 1. The van der Waals surface area contributed by atoms with Crippen LogP contribution in [0.15, 0.2) is 41.3 Å². The van der Waals surface area contributed by atoms with Crippen molar-refractivity contribution in [2.45, 2.75) is 37.9 Å². The van der Waals surface area contributed by atoms with E-state index < -0.39 is 10.0 Å². The molecule has 1 amide bonds. The topological polar surface area (TPSA) is 83.1 Å². The van der Waals surface area contributed by atoms with Gasteiger partial charge < -0.3 is 9.64 Å². The van der Waals surface area contributed by atoms with E-state index in [1.807, 2.05) is 51.9 Å². The molecule has 36 heavy (non-hydrogen) atoms. The van der Waals surface area contributed by atoms with Gasteiger partial charge in [-0.05, 0) is 76.8 Å². The van der Waals surface area contributed by atoms with Gasteiger partial charge in [-0.1, -0.05) is 22.9 Å². The fourth-order valence-corrected chi connectivity index (χ4v) is 7.28. The van der Waals surface area contributed by atoms with Crippen LogP contribution in [0, 0.1) is 6.92 Å². The van der Waals surface area contributed by atoms with E-state index in [2.05, 4.69) is 0 Å². The molecule has 1 aromatic heterocycles. The number of rotatable bonds is 7. The molecule has 2 aromatic carbocycles. The number of fused-ring (bicyclic) bond motifs is 1. The second-order valence-corrected chi connectivity index (χ2v) is 12.8. The lowest BCUT2D eigenvalue weighted by Crippen LogP contribution is -2.48. The molecule has 0 aliphatic carbocycles. The normalized spacial score (nSPS) is 19.2. The smallest absolute Gasteiger partial charge is 0.260 e. The van der Waals surface area contributed by atoms with Crippen LogP contribution in [-0.4, -0.2) is 81.0 Å². The Morgan fingerprint density at radius 1 is 1.14 bits per heavy atom. The number of anilines is 1. The first kappa shape index (κ1) is 27.0. The minimum absolute atomic E-state index is 0.158. The Labute approximate surface area is 221 Å². The van der Waals surface area contributed by atoms with Gasteiger partial charge in [0.1, 0.15) is 0 Å². The summed E-state index contributed by atoms with van der Waals surface area (Å²) < 4.78 is 34.4. The van der Waals surface area contributed by atoms with Crippen molar-refractivity contribution in [2.24, 2.45) is 0 Å². The molecule has 8 nitrogen and oxygen atoms in total. The predicted octanol–water partition coefficient (Wildman–Crippen LogP) is 4.26. The number of hydrogen-bond acceptors (Lipinski definition) is 7. The lowest BCUT2D eigenvalue weighted by atomic mass is 10.2. The molecule has 1 fully saturated rings. The van der Waals surface area contributed by atoms with Gasteiger partial charge in [-0.25, -0.2) is 13.4 Å². The number of halogens is 1. The van der Waals surface area contributed by atoms with E-state index in [4.69, 9.17) is 21.3 Å². The third-order valence-corrected chi connectivity index (χ3v) is 9.10. The van der Waals surface area contributed by atoms with Crippen molar-refractivity contribution in [1.82, 2.24) is 14.2 Å². The van der Waals surface area contributed by atoms with E-state index in [0.29, 0.717) is 41.9 Å². The zero-order chi connectivity index (χ0) is 26.2. The maximum absolute atomic E-state index is 13.6. The molecule has 2 atom stereocenters. The third-order valence-electron chi connectivity index (χ3n) is 6.01. The highest BCUT2D eigenvalue weighted by Gasteiger charge is 2.32. The van der Waals surface area contributed by atoms with Crippen LogP contribution in [0.2, 0.25) is 5.02 Å². The van der Waals surface area contributed by atoms with E-state index in [-0.39, 0.29) is 23.0 Å². The molecule has 194 valence electrons. The summed E-state index contributed by atoms with van der Waals surface area (Å²) in [6.07, 6.45) is -0.357. The van der Waals surface area contributed by atoms with Crippen LogP contribution < -0.4 is 4.90 Å². The molecule has 0 spiro atoms. The second kappa shape index (κ2) is 10.7. The second-order valence-electron chi connectivity index (χ2n) is 9.43. The number of nitrogens with zero attached hydrogens (tertiary/aromatic N) is 4. The zero-order valence-electron chi connectivity index (χ0n) is 21.1. The van der Waals surface area contributed by atoms with E-state index in [1.165, 1.54) is 27.8 Å². The first-order valence-corrected chi connectivity index (χ1v) is 14.4. The van der Waals surface area contributed by atoms with Gasteiger partial charge in [0.25, 0.3) is 5.91 Å². The number of amides is 1. The van der Waals surface area contributed by atoms with Crippen molar-refractivity contribution >= 4 is 54.2 Å². The Hall–Kier alpha value is -2.08. The highest BCUT2D eigenvalue weighted by atomic mass is 35.5. The van der Waals surface area contributed by atoms with Crippen LogP contribution in [0.4, 0.5) is 5.13 Å². The third kappa shape index (κ3) is 5.74. The molecule has 1 saturated heterocycles. The molecule has 1 aliphatic heterocycles. The fourth-order valence-electron chi connectivity index (χ4n) is 4.24. The average Bonchev–Trinajstić information content (AvgIpc) is 3.22. The quantitative estimate of drug-likeness (QED) is 0.437. The Bertz CT molecular complexity index is 1350. The molecule has 4 rings (SSSR count). The van der Waals surface area contributed by atoms with Crippen LogP contribution in [0.3, 0.4) is 0 Å². The van der Waals surface area contributed by atoms with Gasteiger partial charge >= 0.3 is 0 Å². The van der Waals surface area contributed by atoms with Gasteiger partial charge in [-0.15, -0.1) is 0 Å². The van der Waals surface area contributed by atoms with Gasteiger partial charge in [-0.3, -0.25) is 9.69 Å². The van der Waals surface area contributed by atoms with Gasteiger partial charge in [0.2, 0.25) is 10.0 Å². The Morgan fingerprint density at radius 3 is 2.39 bits per heavy atom. The number of aromatic nitrogens is 1. The number of carbonyl (C=O) groups excluding carboxylic acids is 1. The molecular weight excluding hydrogens is 520 g/mol. The summed E-state index contributed by atoms with van der Waals surface area (Å²) in [5, 5.41) is 1.21. The summed E-state index contributed by atoms with van der Waals surface area (Å²) in [5.74, 6) is -0.239. The monoisotopic (exact) mass is 550 g/mol. The van der Waals surface area contributed by atoms with Crippen LogP contribution in [-0.2, 0) is 14.8 Å². The summed E-state index contributed by atoms with van der Waals surface area (Å²) in [6, 6.07) is 9.85. The number of ether oxygens (including phenoxy) is 1. The Kier molecular flexibility index (Phi) is 8.04. The van der Waals surface area contributed by atoms with Gasteiger partial charge in [0.15, 0.2) is 5.13 Å². The minimum Gasteiger partial charge on any atom is -0.373 e. The predicted molar refractivity (Wildman–Crippen MR) is 145 cm³/mol. The van der Waals surface area contributed by atoms with Crippen molar-refractivity contribution in [1.29, 1.82) is 0 Å². The first-order valence-electron chi connectivity index (χ1n) is 11.7. The summed E-state index contributed by atoms with van der Waals surface area (Å²) >= 11 is 7.64. The molecule has 0 bridgehead atoms. The van der Waals surface area contributed by atoms with E-state index in [0.717, 1.165) is 15.8 Å². The number of aryl methyl sites for hydroxylation is 1. The lowest BCUT2D eigenvalue weighted by molar-refractivity contribution is -0.0440. The molecule has 3 aromatic rings. The molecule has 0 radical (unpaired) electrons. The zero-order valence-corrected chi connectivity index (χ0v) is 23.5. The van der Waals surface area contributed by atoms with Crippen LogP contribution in [0.25, 0.3) is 10.2 Å². The molecule has 0 N–H and O–H groups in total. The van der Waals surface area contributed by atoms with E-state index >= 15 is 0 Å². The van der Waals surface area contributed by atoms with Crippen LogP contribution in [0.1, 0.15) is 29.8 Å². The van der Waals surface area contributed by atoms with Gasteiger partial charge in [0, 0.05) is 36.8 Å². The van der Waals surface area contributed by atoms with Crippen LogP contribution >= 0.6 is 22.9 Å². The van der Waals surface area contributed by atoms with Crippen LogP contribution in [0.5, 0.6) is 0 Å². The molecule has 2 heterocycles. The molecule has 1 aliphatic rings. The Morgan fingerprint density at radius 2 is 1.78 bits per heavy atom. The summed E-state index contributed by atoms with van der Waals surface area (Å²) in [5.41, 5.74) is 2.16. The number of benzene rings is 2. The molecule has 11 heteroatoms. The average molecular weight is 551 g/mol. The maximum Gasteiger partial charge on any atom is 0.260 e. The van der Waals surface area contributed by atoms with E-state index in [1.54, 1.807) is 17.0 Å².